The molecule has 1 aromatic heterocycles. The number of halogens is 3. The zero-order chi connectivity index (χ0) is 17.5. The number of sulfonamides is 1. The summed E-state index contributed by atoms with van der Waals surface area (Å²) in [6, 6.07) is 3.56. The maximum atomic E-state index is 13.1. The molecule has 24 heavy (non-hydrogen) atoms. The predicted octanol–water partition coefficient (Wildman–Crippen LogP) is 2.77. The molecule has 130 valence electrons. The predicted molar refractivity (Wildman–Crippen MR) is 82.1 cm³/mol. The molecule has 3 rings (SSSR count). The first-order valence-electron chi connectivity index (χ1n) is 7.43. The quantitative estimate of drug-likeness (QED) is 0.883. The summed E-state index contributed by atoms with van der Waals surface area (Å²) in [5.74, 6) is 0. The van der Waals surface area contributed by atoms with Crippen molar-refractivity contribution in [1.29, 1.82) is 0 Å². The Balaban J connectivity index is 2.10. The lowest BCUT2D eigenvalue weighted by Gasteiger charge is -2.14. The van der Waals surface area contributed by atoms with Gasteiger partial charge in [0.2, 0.25) is 15.6 Å². The standard InChI is InChI=1S/C15H15F3N2O3S/c16-15(17,18)12-8-14(21)19-13-6-5-10(7-11(12)13)24(22,23)20-9-3-1-2-4-9/h5-9,20H,1-4H2,(H,19,21). The topological polar surface area (TPSA) is 79.0 Å². The minimum Gasteiger partial charge on any atom is -0.322 e. The van der Waals surface area contributed by atoms with E-state index in [4.69, 9.17) is 0 Å². The molecule has 0 unspecified atom stereocenters. The highest BCUT2D eigenvalue weighted by atomic mass is 32.2. The number of hydrogen-bond donors (Lipinski definition) is 2. The normalized spacial score (nSPS) is 16.8. The van der Waals surface area contributed by atoms with Crippen molar-refractivity contribution < 1.29 is 21.6 Å². The fourth-order valence-electron chi connectivity index (χ4n) is 2.97. The van der Waals surface area contributed by atoms with Gasteiger partial charge in [-0.15, -0.1) is 0 Å². The molecule has 2 aromatic rings. The van der Waals surface area contributed by atoms with Gasteiger partial charge in [0.1, 0.15) is 0 Å². The highest BCUT2D eigenvalue weighted by molar-refractivity contribution is 7.89. The molecule has 0 spiro atoms. The van der Waals surface area contributed by atoms with Gasteiger partial charge in [0.05, 0.1) is 10.5 Å². The van der Waals surface area contributed by atoms with Crippen LogP contribution in [-0.2, 0) is 16.2 Å². The van der Waals surface area contributed by atoms with Crippen LogP contribution in [0, 0.1) is 0 Å². The summed E-state index contributed by atoms with van der Waals surface area (Å²) >= 11 is 0. The number of rotatable bonds is 3. The highest BCUT2D eigenvalue weighted by Crippen LogP contribution is 2.34. The van der Waals surface area contributed by atoms with E-state index in [1.165, 1.54) is 12.1 Å². The molecule has 0 saturated heterocycles. The second-order valence-corrected chi connectivity index (χ2v) is 7.57. The number of alkyl halides is 3. The molecule has 0 atom stereocenters. The fraction of sp³-hybridized carbons (Fsp3) is 0.400. The van der Waals surface area contributed by atoms with Crippen LogP contribution in [0.25, 0.3) is 10.9 Å². The molecule has 0 amide bonds. The van der Waals surface area contributed by atoms with Gasteiger partial charge in [-0.3, -0.25) is 4.79 Å². The highest BCUT2D eigenvalue weighted by Gasteiger charge is 2.34. The van der Waals surface area contributed by atoms with Gasteiger partial charge in [0.25, 0.3) is 0 Å². The smallest absolute Gasteiger partial charge is 0.322 e. The lowest BCUT2D eigenvalue weighted by atomic mass is 10.1. The summed E-state index contributed by atoms with van der Waals surface area (Å²) in [6.07, 6.45) is -1.48. The van der Waals surface area contributed by atoms with Crippen molar-refractivity contribution in [2.75, 3.05) is 0 Å². The summed E-state index contributed by atoms with van der Waals surface area (Å²) in [7, 11) is -3.92. The second-order valence-electron chi connectivity index (χ2n) is 5.86. The average molecular weight is 360 g/mol. The van der Waals surface area contributed by atoms with Crippen LogP contribution >= 0.6 is 0 Å². The van der Waals surface area contributed by atoms with E-state index in [9.17, 15) is 26.4 Å². The molecule has 1 heterocycles. The molecule has 2 N–H and O–H groups in total. The number of H-pyrrole nitrogens is 1. The van der Waals surface area contributed by atoms with Crippen molar-refractivity contribution in [3.63, 3.8) is 0 Å². The van der Waals surface area contributed by atoms with Crippen LogP contribution in [0.4, 0.5) is 13.2 Å². The number of hydrogen-bond acceptors (Lipinski definition) is 3. The summed E-state index contributed by atoms with van der Waals surface area (Å²) in [5, 5.41) is -0.351. The Morgan fingerprint density at radius 3 is 2.42 bits per heavy atom. The first-order chi connectivity index (χ1) is 11.2. The van der Waals surface area contributed by atoms with Gasteiger partial charge >= 0.3 is 6.18 Å². The van der Waals surface area contributed by atoms with Crippen LogP contribution in [0.5, 0.6) is 0 Å². The van der Waals surface area contributed by atoms with E-state index in [1.807, 2.05) is 0 Å². The van der Waals surface area contributed by atoms with E-state index in [-0.39, 0.29) is 21.8 Å². The van der Waals surface area contributed by atoms with Crippen LogP contribution < -0.4 is 10.3 Å². The summed E-state index contributed by atoms with van der Waals surface area (Å²) in [5.41, 5.74) is -2.11. The number of nitrogens with one attached hydrogen (secondary N) is 2. The molecule has 9 heteroatoms. The molecule has 1 fully saturated rings. The molecule has 1 saturated carbocycles. The Labute approximate surface area is 135 Å². The van der Waals surface area contributed by atoms with E-state index in [1.54, 1.807) is 0 Å². The maximum Gasteiger partial charge on any atom is 0.417 e. The minimum absolute atomic E-state index is 0.0605. The lowest BCUT2D eigenvalue weighted by Crippen LogP contribution is -2.32. The third-order valence-corrected chi connectivity index (χ3v) is 5.63. The molecule has 5 nitrogen and oxygen atoms in total. The van der Waals surface area contributed by atoms with Crippen LogP contribution in [0.1, 0.15) is 31.2 Å². The van der Waals surface area contributed by atoms with Gasteiger partial charge < -0.3 is 4.98 Å². The molecule has 1 aliphatic carbocycles. The summed E-state index contributed by atoms with van der Waals surface area (Å²) < 4.78 is 66.7. The Morgan fingerprint density at radius 2 is 1.79 bits per heavy atom. The Bertz CT molecular complexity index is 929. The third kappa shape index (κ3) is 3.32. The van der Waals surface area contributed by atoms with E-state index < -0.39 is 27.3 Å². The van der Waals surface area contributed by atoms with Gasteiger partial charge in [-0.05, 0) is 31.0 Å². The van der Waals surface area contributed by atoms with Gasteiger partial charge in [-0.1, -0.05) is 12.8 Å². The van der Waals surface area contributed by atoms with Gasteiger partial charge in [0.15, 0.2) is 0 Å². The summed E-state index contributed by atoms with van der Waals surface area (Å²) in [4.78, 5) is 13.4. The Hall–Kier alpha value is -1.87. The maximum absolute atomic E-state index is 13.1. The molecule has 1 aliphatic rings. The minimum atomic E-state index is -4.76. The van der Waals surface area contributed by atoms with Crippen molar-refractivity contribution in [2.24, 2.45) is 0 Å². The lowest BCUT2D eigenvalue weighted by molar-refractivity contribution is -0.136. The van der Waals surface area contributed by atoms with Crippen molar-refractivity contribution in [3.8, 4) is 0 Å². The molecule has 1 aromatic carbocycles. The number of aromatic amines is 1. The van der Waals surface area contributed by atoms with Crippen LogP contribution in [0.2, 0.25) is 0 Å². The zero-order valence-electron chi connectivity index (χ0n) is 12.5. The SMILES string of the molecule is O=c1cc(C(F)(F)F)c2cc(S(=O)(=O)NC3CCCC3)ccc2[nH]1. The second kappa shape index (κ2) is 5.89. The van der Waals surface area contributed by atoms with Crippen molar-refractivity contribution >= 4 is 20.9 Å². The zero-order valence-corrected chi connectivity index (χ0v) is 13.3. The van der Waals surface area contributed by atoms with E-state index in [0.29, 0.717) is 18.9 Å². The largest absolute Gasteiger partial charge is 0.417 e. The van der Waals surface area contributed by atoms with Gasteiger partial charge in [0, 0.05) is 23.0 Å². The van der Waals surface area contributed by atoms with E-state index >= 15 is 0 Å². The van der Waals surface area contributed by atoms with Crippen LogP contribution in [0.15, 0.2) is 34.0 Å². The van der Waals surface area contributed by atoms with Crippen molar-refractivity contribution in [2.45, 2.75) is 42.8 Å². The van der Waals surface area contributed by atoms with Crippen LogP contribution in [0.3, 0.4) is 0 Å². The van der Waals surface area contributed by atoms with Gasteiger partial charge in [-0.2, -0.15) is 13.2 Å². The van der Waals surface area contributed by atoms with Crippen molar-refractivity contribution in [3.05, 3.63) is 40.2 Å². The number of pyridine rings is 1. The average Bonchev–Trinajstić information content (AvgIpc) is 2.97. The number of aromatic nitrogens is 1. The first-order valence-corrected chi connectivity index (χ1v) is 8.92. The van der Waals surface area contributed by atoms with Crippen LogP contribution in [-0.4, -0.2) is 19.4 Å². The van der Waals surface area contributed by atoms with E-state index in [2.05, 4.69) is 9.71 Å². The fourth-order valence-corrected chi connectivity index (χ4v) is 4.30. The van der Waals surface area contributed by atoms with Gasteiger partial charge in [-0.25, -0.2) is 13.1 Å². The first kappa shape index (κ1) is 17.0. The van der Waals surface area contributed by atoms with E-state index in [0.717, 1.165) is 18.9 Å². The Morgan fingerprint density at radius 1 is 1.12 bits per heavy atom. The summed E-state index contributed by atoms with van der Waals surface area (Å²) in [6.45, 7) is 0. The molecule has 0 radical (unpaired) electrons. The number of fused-ring (bicyclic) bond motifs is 1. The Kier molecular flexibility index (Phi) is 4.16. The monoisotopic (exact) mass is 360 g/mol. The third-order valence-electron chi connectivity index (χ3n) is 4.11. The molecular weight excluding hydrogens is 345 g/mol. The molecule has 0 aliphatic heterocycles. The van der Waals surface area contributed by atoms with Crippen molar-refractivity contribution in [1.82, 2.24) is 9.71 Å². The molecule has 0 bridgehead atoms. The molecular formula is C15H15F3N2O3S. The number of benzene rings is 1.